The summed E-state index contributed by atoms with van der Waals surface area (Å²) in [4.78, 5) is 37.0. The highest BCUT2D eigenvalue weighted by molar-refractivity contribution is 6.07. The molecule has 6 nitrogen and oxygen atoms in total. The van der Waals surface area contributed by atoms with Crippen LogP contribution in [0, 0.1) is 17.8 Å². The fraction of sp³-hybridized carbons (Fsp3) is 0.393. The van der Waals surface area contributed by atoms with Crippen molar-refractivity contribution < 1.29 is 28.6 Å². The second-order valence-corrected chi connectivity index (χ2v) is 10.1. The summed E-state index contributed by atoms with van der Waals surface area (Å²) in [6.07, 6.45) is 3.12. The van der Waals surface area contributed by atoms with Gasteiger partial charge in [-0.15, -0.1) is 0 Å². The molecule has 0 aliphatic carbocycles. The maximum atomic E-state index is 12.7. The van der Waals surface area contributed by atoms with Crippen molar-refractivity contribution in [2.24, 2.45) is 10.8 Å². The average Bonchev–Trinajstić information content (AvgIpc) is 2.73. The Labute approximate surface area is 201 Å². The first-order chi connectivity index (χ1) is 15.7. The van der Waals surface area contributed by atoms with E-state index >= 15 is 0 Å². The van der Waals surface area contributed by atoms with Gasteiger partial charge in [-0.1, -0.05) is 0 Å². The van der Waals surface area contributed by atoms with Crippen LogP contribution < -0.4 is 14.2 Å². The Morgan fingerprint density at radius 2 is 1.38 bits per heavy atom. The lowest BCUT2D eigenvalue weighted by molar-refractivity contribution is -0.143. The summed E-state index contributed by atoms with van der Waals surface area (Å²) < 4.78 is 16.6. The second-order valence-electron chi connectivity index (χ2n) is 10.1. The summed E-state index contributed by atoms with van der Waals surface area (Å²) in [5.74, 6) is 0.424. The number of rotatable bonds is 7. The Morgan fingerprint density at radius 1 is 0.824 bits per heavy atom. The molecule has 0 aliphatic heterocycles. The van der Waals surface area contributed by atoms with E-state index in [1.807, 2.05) is 19.9 Å². The number of ketones is 1. The van der Waals surface area contributed by atoms with E-state index in [2.05, 4.69) is 0 Å². The van der Waals surface area contributed by atoms with Crippen molar-refractivity contribution >= 4 is 23.8 Å². The zero-order valence-electron chi connectivity index (χ0n) is 21.3. The van der Waals surface area contributed by atoms with Gasteiger partial charge >= 0.3 is 11.9 Å². The highest BCUT2D eigenvalue weighted by atomic mass is 16.5. The highest BCUT2D eigenvalue weighted by Gasteiger charge is 2.25. The predicted molar refractivity (Wildman–Crippen MR) is 132 cm³/mol. The quantitative estimate of drug-likeness (QED) is 0.209. The standard InChI is InChI=1S/C28H34O6/c1-9-32-24-17-23(34-26(31)28(6,7)8)18(2)16-20(24)12-15-22(29)19-10-13-21(14-11-19)33-25(30)27(3,4)5/h10-17H,9H2,1-8H3/b15-12+. The van der Waals surface area contributed by atoms with Crippen molar-refractivity contribution in [2.75, 3.05) is 6.61 Å². The minimum atomic E-state index is -0.635. The molecule has 0 atom stereocenters. The molecule has 182 valence electrons. The van der Waals surface area contributed by atoms with Crippen LogP contribution in [0.2, 0.25) is 0 Å². The number of carbonyl (C=O) groups is 3. The molecular formula is C28H34O6. The lowest BCUT2D eigenvalue weighted by Gasteiger charge is -2.18. The third-order valence-electron chi connectivity index (χ3n) is 4.80. The maximum Gasteiger partial charge on any atom is 0.316 e. The smallest absolute Gasteiger partial charge is 0.316 e. The SMILES string of the molecule is CCOc1cc(OC(=O)C(C)(C)C)c(C)cc1/C=C/C(=O)c1ccc(OC(=O)C(C)(C)C)cc1. The molecule has 2 rings (SSSR count). The van der Waals surface area contributed by atoms with Crippen LogP contribution in [0.1, 0.15) is 70.0 Å². The fourth-order valence-corrected chi connectivity index (χ4v) is 2.67. The van der Waals surface area contributed by atoms with Gasteiger partial charge in [0.15, 0.2) is 5.78 Å². The number of aryl methyl sites for hydroxylation is 1. The molecule has 0 aliphatic rings. The van der Waals surface area contributed by atoms with E-state index in [4.69, 9.17) is 14.2 Å². The number of ether oxygens (including phenoxy) is 3. The van der Waals surface area contributed by atoms with E-state index in [1.165, 1.54) is 6.08 Å². The van der Waals surface area contributed by atoms with Crippen molar-refractivity contribution in [3.05, 3.63) is 59.2 Å². The third-order valence-corrected chi connectivity index (χ3v) is 4.80. The molecule has 2 aromatic carbocycles. The minimum absolute atomic E-state index is 0.211. The van der Waals surface area contributed by atoms with Gasteiger partial charge in [0.2, 0.25) is 0 Å². The minimum Gasteiger partial charge on any atom is -0.493 e. The zero-order chi connectivity index (χ0) is 25.7. The Kier molecular flexibility index (Phi) is 8.43. The Hall–Kier alpha value is -3.41. The van der Waals surface area contributed by atoms with E-state index in [9.17, 15) is 14.4 Å². The van der Waals surface area contributed by atoms with Crippen LogP contribution in [0.3, 0.4) is 0 Å². The van der Waals surface area contributed by atoms with Gasteiger partial charge in [-0.25, -0.2) is 0 Å². The number of carbonyl (C=O) groups excluding carboxylic acids is 3. The Balaban J connectivity index is 2.21. The van der Waals surface area contributed by atoms with Gasteiger partial charge < -0.3 is 14.2 Å². The average molecular weight is 467 g/mol. The summed E-state index contributed by atoms with van der Waals surface area (Å²) in [5, 5.41) is 0. The predicted octanol–water partition coefficient (Wildman–Crippen LogP) is 6.19. The van der Waals surface area contributed by atoms with E-state index in [0.717, 1.165) is 5.56 Å². The van der Waals surface area contributed by atoms with Gasteiger partial charge in [0.25, 0.3) is 0 Å². The van der Waals surface area contributed by atoms with Gasteiger partial charge in [0.05, 0.1) is 17.4 Å². The first-order valence-electron chi connectivity index (χ1n) is 11.3. The van der Waals surface area contributed by atoms with Crippen molar-refractivity contribution in [1.29, 1.82) is 0 Å². The maximum absolute atomic E-state index is 12.7. The summed E-state index contributed by atoms with van der Waals surface area (Å²) in [6.45, 7) is 14.8. The monoisotopic (exact) mass is 466 g/mol. The number of hydrogen-bond acceptors (Lipinski definition) is 6. The number of benzene rings is 2. The van der Waals surface area contributed by atoms with Crippen LogP contribution in [0.5, 0.6) is 17.2 Å². The Morgan fingerprint density at radius 3 is 1.91 bits per heavy atom. The van der Waals surface area contributed by atoms with Gasteiger partial charge in [0.1, 0.15) is 17.2 Å². The number of allylic oxidation sites excluding steroid dienone is 1. The van der Waals surface area contributed by atoms with Gasteiger partial charge in [-0.2, -0.15) is 0 Å². The number of hydrogen-bond donors (Lipinski definition) is 0. The molecule has 0 aromatic heterocycles. The van der Waals surface area contributed by atoms with Crippen LogP contribution >= 0.6 is 0 Å². The lowest BCUT2D eigenvalue weighted by Crippen LogP contribution is -2.25. The molecule has 34 heavy (non-hydrogen) atoms. The number of esters is 2. The molecule has 0 radical (unpaired) electrons. The molecule has 0 N–H and O–H groups in total. The molecule has 0 saturated carbocycles. The van der Waals surface area contributed by atoms with E-state index in [1.54, 1.807) is 78.0 Å². The van der Waals surface area contributed by atoms with Crippen molar-refractivity contribution in [3.63, 3.8) is 0 Å². The van der Waals surface area contributed by atoms with Gasteiger partial charge in [-0.3, -0.25) is 14.4 Å². The molecule has 0 unspecified atom stereocenters. The first-order valence-corrected chi connectivity index (χ1v) is 11.3. The Bertz CT molecular complexity index is 1080. The summed E-state index contributed by atoms with van der Waals surface area (Å²) in [7, 11) is 0. The van der Waals surface area contributed by atoms with Crippen molar-refractivity contribution in [3.8, 4) is 17.2 Å². The van der Waals surface area contributed by atoms with Crippen LogP contribution in [0.4, 0.5) is 0 Å². The molecule has 2 aromatic rings. The molecule has 0 amide bonds. The van der Waals surface area contributed by atoms with Crippen LogP contribution in [-0.4, -0.2) is 24.3 Å². The summed E-state index contributed by atoms with van der Waals surface area (Å²) in [6, 6.07) is 9.90. The molecule has 6 heteroatoms. The van der Waals surface area contributed by atoms with E-state index < -0.39 is 10.8 Å². The second kappa shape index (κ2) is 10.7. The lowest BCUT2D eigenvalue weighted by atomic mass is 9.97. The zero-order valence-corrected chi connectivity index (χ0v) is 21.3. The van der Waals surface area contributed by atoms with Crippen LogP contribution in [0.25, 0.3) is 6.08 Å². The molecule has 0 spiro atoms. The molecule has 0 fully saturated rings. The topological polar surface area (TPSA) is 78.9 Å². The first kappa shape index (κ1) is 26.8. The van der Waals surface area contributed by atoms with Gasteiger partial charge in [-0.05, 0) is 103 Å². The highest BCUT2D eigenvalue weighted by Crippen LogP contribution is 2.32. The van der Waals surface area contributed by atoms with Crippen molar-refractivity contribution in [2.45, 2.75) is 55.4 Å². The van der Waals surface area contributed by atoms with E-state index in [-0.39, 0.29) is 17.7 Å². The third kappa shape index (κ3) is 7.30. The van der Waals surface area contributed by atoms with Gasteiger partial charge in [0, 0.05) is 17.2 Å². The van der Waals surface area contributed by atoms with E-state index in [0.29, 0.717) is 35.0 Å². The van der Waals surface area contributed by atoms with Crippen molar-refractivity contribution in [1.82, 2.24) is 0 Å². The van der Waals surface area contributed by atoms with Crippen LogP contribution in [0.15, 0.2) is 42.5 Å². The normalized spacial score (nSPS) is 11.9. The van der Waals surface area contributed by atoms with Crippen LogP contribution in [-0.2, 0) is 9.59 Å². The summed E-state index contributed by atoms with van der Waals surface area (Å²) >= 11 is 0. The largest absolute Gasteiger partial charge is 0.493 e. The summed E-state index contributed by atoms with van der Waals surface area (Å²) in [5.41, 5.74) is 0.646. The fourth-order valence-electron chi connectivity index (χ4n) is 2.67. The molecule has 0 heterocycles. The molecule has 0 saturated heterocycles. The molecule has 0 bridgehead atoms. The molecular weight excluding hydrogens is 432 g/mol.